The largest absolute Gasteiger partial charge is 0.483 e. The fourth-order valence-corrected chi connectivity index (χ4v) is 1.62. The van der Waals surface area contributed by atoms with E-state index in [1.807, 2.05) is 13.8 Å². The van der Waals surface area contributed by atoms with Crippen molar-refractivity contribution in [2.24, 2.45) is 0 Å². The lowest BCUT2D eigenvalue weighted by Crippen LogP contribution is -2.35. The van der Waals surface area contributed by atoms with Gasteiger partial charge < -0.3 is 14.8 Å². The predicted molar refractivity (Wildman–Crippen MR) is 76.2 cm³/mol. The highest BCUT2D eigenvalue weighted by Gasteiger charge is 2.15. The van der Waals surface area contributed by atoms with Gasteiger partial charge in [-0.05, 0) is 31.5 Å². The van der Waals surface area contributed by atoms with Crippen molar-refractivity contribution in [1.29, 1.82) is 0 Å². The van der Waals surface area contributed by atoms with Gasteiger partial charge in [-0.2, -0.15) is 0 Å². The van der Waals surface area contributed by atoms with Gasteiger partial charge in [0.1, 0.15) is 11.3 Å². The summed E-state index contributed by atoms with van der Waals surface area (Å²) in [5, 5.41) is 3.18. The molecule has 0 fully saturated rings. The Hall–Kier alpha value is -1.75. The third kappa shape index (κ3) is 4.74. The van der Waals surface area contributed by atoms with E-state index in [9.17, 15) is 9.59 Å². The van der Waals surface area contributed by atoms with Crippen LogP contribution in [0.4, 0.5) is 0 Å². The number of esters is 1. The molecule has 0 radical (unpaired) electrons. The maximum absolute atomic E-state index is 11.6. The van der Waals surface area contributed by atoms with Crippen molar-refractivity contribution < 1.29 is 19.1 Å². The highest BCUT2D eigenvalue weighted by Crippen LogP contribution is 2.24. The van der Waals surface area contributed by atoms with Gasteiger partial charge in [-0.25, -0.2) is 4.79 Å². The van der Waals surface area contributed by atoms with Gasteiger partial charge in [0, 0.05) is 11.1 Å². The molecule has 0 saturated carbocycles. The SMILES string of the molecule is CC[C@@H](C)NC(=O)COc1cc(Cl)ccc1C(=O)OC. The van der Waals surface area contributed by atoms with Gasteiger partial charge in [-0.3, -0.25) is 4.79 Å². The van der Waals surface area contributed by atoms with Crippen LogP contribution >= 0.6 is 11.6 Å². The summed E-state index contributed by atoms with van der Waals surface area (Å²) < 4.78 is 9.99. The fraction of sp³-hybridized carbons (Fsp3) is 0.429. The summed E-state index contributed by atoms with van der Waals surface area (Å²) in [6.07, 6.45) is 0.830. The first-order valence-electron chi connectivity index (χ1n) is 6.28. The first kappa shape index (κ1) is 16.3. The number of halogens is 1. The molecule has 0 aliphatic carbocycles. The third-order valence-electron chi connectivity index (χ3n) is 2.73. The summed E-state index contributed by atoms with van der Waals surface area (Å²) in [6.45, 7) is 3.68. The van der Waals surface area contributed by atoms with Gasteiger partial charge in [0.15, 0.2) is 6.61 Å². The molecule has 0 aromatic heterocycles. The molecule has 1 amide bonds. The Kier molecular flexibility index (Phi) is 6.31. The van der Waals surface area contributed by atoms with E-state index in [0.29, 0.717) is 5.02 Å². The smallest absolute Gasteiger partial charge is 0.341 e. The van der Waals surface area contributed by atoms with Crippen molar-refractivity contribution in [2.75, 3.05) is 13.7 Å². The molecule has 0 spiro atoms. The Labute approximate surface area is 123 Å². The molecule has 0 heterocycles. The Morgan fingerprint density at radius 2 is 2.10 bits per heavy atom. The van der Waals surface area contributed by atoms with Crippen LogP contribution in [0.5, 0.6) is 5.75 Å². The molecule has 6 heteroatoms. The molecule has 1 atom stereocenters. The van der Waals surface area contributed by atoms with Crippen LogP contribution in [0.15, 0.2) is 18.2 Å². The number of benzene rings is 1. The molecule has 110 valence electrons. The summed E-state index contributed by atoms with van der Waals surface area (Å²) >= 11 is 5.85. The van der Waals surface area contributed by atoms with Gasteiger partial charge in [0.2, 0.25) is 0 Å². The molecule has 1 N–H and O–H groups in total. The van der Waals surface area contributed by atoms with Gasteiger partial charge in [0.05, 0.1) is 7.11 Å². The second kappa shape index (κ2) is 7.75. The number of carbonyl (C=O) groups is 2. The maximum atomic E-state index is 11.6. The summed E-state index contributed by atoms with van der Waals surface area (Å²) in [4.78, 5) is 23.2. The highest BCUT2D eigenvalue weighted by molar-refractivity contribution is 6.30. The van der Waals surface area contributed by atoms with Crippen LogP contribution in [0.1, 0.15) is 30.6 Å². The van der Waals surface area contributed by atoms with Crippen molar-refractivity contribution in [3.63, 3.8) is 0 Å². The number of amides is 1. The molecule has 1 aromatic rings. The minimum Gasteiger partial charge on any atom is -0.483 e. The van der Waals surface area contributed by atoms with Crippen LogP contribution in [0, 0.1) is 0 Å². The van der Waals surface area contributed by atoms with Gasteiger partial charge >= 0.3 is 5.97 Å². The summed E-state index contributed by atoms with van der Waals surface area (Å²) in [5.41, 5.74) is 0.230. The Bertz CT molecular complexity index is 490. The van der Waals surface area contributed by atoms with Gasteiger partial charge in [0.25, 0.3) is 5.91 Å². The van der Waals surface area contributed by atoms with Gasteiger partial charge in [-0.1, -0.05) is 18.5 Å². The molecular formula is C14H18ClNO4. The molecule has 1 aromatic carbocycles. The topological polar surface area (TPSA) is 64.6 Å². The van der Waals surface area contributed by atoms with Crippen molar-refractivity contribution >= 4 is 23.5 Å². The monoisotopic (exact) mass is 299 g/mol. The standard InChI is InChI=1S/C14H18ClNO4/c1-4-9(2)16-13(17)8-20-12-7-10(15)5-6-11(12)14(18)19-3/h5-7,9H,4,8H2,1-3H3,(H,16,17)/t9-/m1/s1. The van der Waals surface area contributed by atoms with Crippen LogP contribution in [0.25, 0.3) is 0 Å². The van der Waals surface area contributed by atoms with Crippen LogP contribution in [-0.4, -0.2) is 31.6 Å². The number of hydrogen-bond acceptors (Lipinski definition) is 4. The van der Waals surface area contributed by atoms with E-state index >= 15 is 0 Å². The zero-order chi connectivity index (χ0) is 15.1. The number of nitrogens with one attached hydrogen (secondary N) is 1. The first-order chi connectivity index (χ1) is 9.47. The lowest BCUT2D eigenvalue weighted by Gasteiger charge is -2.13. The zero-order valence-electron chi connectivity index (χ0n) is 11.7. The zero-order valence-corrected chi connectivity index (χ0v) is 12.5. The number of ether oxygens (including phenoxy) is 2. The number of hydrogen-bond donors (Lipinski definition) is 1. The number of carbonyl (C=O) groups excluding carboxylic acids is 2. The second-order valence-corrected chi connectivity index (χ2v) is 4.73. The normalized spacial score (nSPS) is 11.6. The Balaban J connectivity index is 2.74. The van der Waals surface area contributed by atoms with E-state index in [2.05, 4.69) is 10.1 Å². The van der Waals surface area contributed by atoms with E-state index in [1.54, 1.807) is 6.07 Å². The van der Waals surface area contributed by atoms with E-state index in [-0.39, 0.29) is 29.9 Å². The van der Waals surface area contributed by atoms with E-state index < -0.39 is 5.97 Å². The maximum Gasteiger partial charge on any atom is 0.341 e. The van der Waals surface area contributed by atoms with E-state index in [1.165, 1.54) is 19.2 Å². The van der Waals surface area contributed by atoms with Crippen LogP contribution in [-0.2, 0) is 9.53 Å². The summed E-state index contributed by atoms with van der Waals surface area (Å²) in [5.74, 6) is -0.571. The molecule has 0 aliphatic heterocycles. The average molecular weight is 300 g/mol. The number of methoxy groups -OCH3 is 1. The Morgan fingerprint density at radius 1 is 1.40 bits per heavy atom. The molecule has 0 aliphatic rings. The lowest BCUT2D eigenvalue weighted by molar-refractivity contribution is -0.123. The second-order valence-electron chi connectivity index (χ2n) is 4.30. The molecule has 20 heavy (non-hydrogen) atoms. The molecule has 5 nitrogen and oxygen atoms in total. The van der Waals surface area contributed by atoms with Crippen molar-refractivity contribution in [3.8, 4) is 5.75 Å². The minimum atomic E-state index is -0.543. The average Bonchev–Trinajstić information content (AvgIpc) is 2.44. The van der Waals surface area contributed by atoms with Crippen LogP contribution in [0.2, 0.25) is 5.02 Å². The van der Waals surface area contributed by atoms with Crippen molar-refractivity contribution in [3.05, 3.63) is 28.8 Å². The van der Waals surface area contributed by atoms with Crippen LogP contribution < -0.4 is 10.1 Å². The summed E-state index contributed by atoms with van der Waals surface area (Å²) in [6, 6.07) is 4.60. The molecule has 0 bridgehead atoms. The summed E-state index contributed by atoms with van der Waals surface area (Å²) in [7, 11) is 1.27. The predicted octanol–water partition coefficient (Wildman–Crippen LogP) is 2.42. The van der Waals surface area contributed by atoms with E-state index in [0.717, 1.165) is 6.42 Å². The van der Waals surface area contributed by atoms with Crippen LogP contribution in [0.3, 0.4) is 0 Å². The Morgan fingerprint density at radius 3 is 2.70 bits per heavy atom. The van der Waals surface area contributed by atoms with E-state index in [4.69, 9.17) is 16.3 Å². The minimum absolute atomic E-state index is 0.0746. The molecular weight excluding hydrogens is 282 g/mol. The highest BCUT2D eigenvalue weighted by atomic mass is 35.5. The van der Waals surface area contributed by atoms with Crippen molar-refractivity contribution in [2.45, 2.75) is 26.3 Å². The quantitative estimate of drug-likeness (QED) is 0.819. The third-order valence-corrected chi connectivity index (χ3v) is 2.96. The fourth-order valence-electron chi connectivity index (χ4n) is 1.46. The molecule has 0 unspecified atom stereocenters. The number of rotatable bonds is 6. The first-order valence-corrected chi connectivity index (χ1v) is 6.65. The van der Waals surface area contributed by atoms with Crippen molar-refractivity contribution in [1.82, 2.24) is 5.32 Å². The molecule has 1 rings (SSSR count). The molecule has 0 saturated heterocycles. The van der Waals surface area contributed by atoms with Gasteiger partial charge in [-0.15, -0.1) is 0 Å². The lowest BCUT2D eigenvalue weighted by atomic mass is 10.2.